The molecule has 0 aromatic heterocycles. The summed E-state index contributed by atoms with van der Waals surface area (Å²) < 4.78 is 0. The zero-order valence-electron chi connectivity index (χ0n) is 39.5. The van der Waals surface area contributed by atoms with Crippen LogP contribution in [0, 0.1) is 0 Å². The van der Waals surface area contributed by atoms with Crippen LogP contribution in [0.25, 0.3) is 44.2 Å². The van der Waals surface area contributed by atoms with Crippen LogP contribution in [0.5, 0.6) is 0 Å². The number of nitrogens with zero attached hydrogens (tertiary/aromatic N) is 2. The Morgan fingerprint density at radius 1 is 0.453 bits per heavy atom. The van der Waals surface area contributed by atoms with E-state index in [2.05, 4.69) is 244 Å². The van der Waals surface area contributed by atoms with Crippen LogP contribution < -0.4 is 20.6 Å². The van der Waals surface area contributed by atoms with Gasteiger partial charge in [0.05, 0.1) is 11.4 Å². The van der Waals surface area contributed by atoms with Gasteiger partial charge in [-0.1, -0.05) is 197 Å². The van der Waals surface area contributed by atoms with Crippen molar-refractivity contribution in [3.05, 3.63) is 186 Å². The molecule has 316 valence electrons. The van der Waals surface area contributed by atoms with Crippen LogP contribution in [0.4, 0.5) is 28.4 Å². The van der Waals surface area contributed by atoms with Crippen molar-refractivity contribution < 1.29 is 0 Å². The first-order valence-corrected chi connectivity index (χ1v) is 23.3. The first-order valence-electron chi connectivity index (χ1n) is 23.3. The van der Waals surface area contributed by atoms with E-state index in [0.29, 0.717) is 0 Å². The maximum atomic E-state index is 2.70. The second kappa shape index (κ2) is 13.8. The Bertz CT molecular complexity index is 3190. The van der Waals surface area contributed by atoms with Gasteiger partial charge in [0.2, 0.25) is 0 Å². The molecule has 8 aromatic rings. The summed E-state index contributed by atoms with van der Waals surface area (Å²) in [6.07, 6.45) is 0. The molecule has 64 heavy (non-hydrogen) atoms. The van der Waals surface area contributed by atoms with E-state index in [0.717, 1.165) is 0 Å². The van der Waals surface area contributed by atoms with Gasteiger partial charge in [-0.2, -0.15) is 0 Å². The molecule has 8 aromatic carbocycles. The van der Waals surface area contributed by atoms with Gasteiger partial charge in [-0.15, -0.1) is 0 Å². The monoisotopic (exact) mass is 830 g/mol. The van der Waals surface area contributed by atoms with Crippen LogP contribution in [0.3, 0.4) is 0 Å². The van der Waals surface area contributed by atoms with Gasteiger partial charge in [-0.3, -0.25) is 0 Å². The summed E-state index contributed by atoms with van der Waals surface area (Å²) >= 11 is 0. The average molecular weight is 831 g/mol. The van der Waals surface area contributed by atoms with Gasteiger partial charge in [0.25, 0.3) is 0 Å². The minimum Gasteiger partial charge on any atom is -0.376 e. The third kappa shape index (κ3) is 5.99. The number of fused-ring (bicyclic) bond motifs is 10. The molecule has 0 amide bonds. The van der Waals surface area contributed by atoms with Crippen molar-refractivity contribution in [3.63, 3.8) is 0 Å². The Labute approximate surface area is 381 Å². The van der Waals surface area contributed by atoms with Gasteiger partial charge >= 0.3 is 6.85 Å². The predicted molar refractivity (Wildman–Crippen MR) is 277 cm³/mol. The minimum atomic E-state index is -0.178. The van der Waals surface area contributed by atoms with Gasteiger partial charge in [0.15, 0.2) is 0 Å². The van der Waals surface area contributed by atoms with Crippen molar-refractivity contribution in [2.24, 2.45) is 0 Å². The van der Waals surface area contributed by atoms with E-state index in [9.17, 15) is 0 Å². The molecule has 3 aliphatic rings. The lowest BCUT2D eigenvalue weighted by Crippen LogP contribution is -2.61. The average Bonchev–Trinajstić information content (AvgIpc) is 3.51. The van der Waals surface area contributed by atoms with E-state index < -0.39 is 0 Å². The second-order valence-corrected chi connectivity index (χ2v) is 22.2. The van der Waals surface area contributed by atoms with E-state index in [1.165, 1.54) is 111 Å². The molecule has 2 aliphatic heterocycles. The first kappa shape index (κ1) is 40.5. The van der Waals surface area contributed by atoms with Crippen molar-refractivity contribution in [1.82, 2.24) is 0 Å². The highest BCUT2D eigenvalue weighted by Gasteiger charge is 2.49. The van der Waals surface area contributed by atoms with E-state index in [4.69, 9.17) is 0 Å². The van der Waals surface area contributed by atoms with Crippen LogP contribution in [-0.4, -0.2) is 6.85 Å². The molecule has 0 N–H and O–H groups in total. The molecular weight excluding hydrogens is 771 g/mol. The summed E-state index contributed by atoms with van der Waals surface area (Å²) in [5, 5.41) is 2.54. The molecule has 0 bridgehead atoms. The van der Waals surface area contributed by atoms with Crippen LogP contribution in [0.2, 0.25) is 0 Å². The molecular formula is C61H59BN2. The lowest BCUT2D eigenvalue weighted by molar-refractivity contribution is 0.590. The number of benzene rings is 8. The minimum absolute atomic E-state index is 0.0298. The SMILES string of the molecule is CC(C)(C)c1ccc(N2B3c4ccc5c(c4N(c4ccc(C(C)(C)C)cc4-c4ccccc4)c4cc6ccccc6c(c43)-c3ccc(C(C)(C)C)cc32)-c2ccccc2C5(C)C)cc1. The molecule has 0 saturated heterocycles. The molecule has 0 fully saturated rings. The zero-order chi connectivity index (χ0) is 44.7. The Hall–Kier alpha value is -6.32. The fourth-order valence-corrected chi connectivity index (χ4v) is 11.2. The molecule has 0 unspecified atom stereocenters. The lowest BCUT2D eigenvalue weighted by Gasteiger charge is -2.47. The molecule has 0 saturated carbocycles. The zero-order valence-corrected chi connectivity index (χ0v) is 39.5. The van der Waals surface area contributed by atoms with Crippen LogP contribution in [-0.2, 0) is 21.7 Å². The predicted octanol–water partition coefficient (Wildman–Crippen LogP) is 15.4. The molecule has 2 heterocycles. The Morgan fingerprint density at radius 2 is 1.08 bits per heavy atom. The summed E-state index contributed by atoms with van der Waals surface area (Å²) in [4.78, 5) is 5.39. The Kier molecular flexibility index (Phi) is 8.75. The Morgan fingerprint density at radius 3 is 1.80 bits per heavy atom. The molecule has 11 rings (SSSR count). The number of hydrogen-bond donors (Lipinski definition) is 0. The summed E-state index contributed by atoms with van der Waals surface area (Å²) in [6.45, 7) is 25.7. The summed E-state index contributed by atoms with van der Waals surface area (Å²) in [5.74, 6) is 0. The van der Waals surface area contributed by atoms with Crippen molar-refractivity contribution in [1.29, 1.82) is 0 Å². The Balaban J connectivity index is 1.33. The standard InChI is InChI=1S/C61H59BN2/c1-58(2,3)40-25-29-43(30-26-40)64-52-37-42(60(7,8)9)27-31-46(52)54-44-22-16-15-21-39(44)35-53-56(54)62(64)50-33-32-49-55(45-23-17-18-24-48(45)61(49,10)11)57(50)63(53)51-34-28-41(59(4,5)6)36-47(51)38-19-13-12-14-20-38/h12-37H,1-11H3. The molecule has 0 atom stereocenters. The summed E-state index contributed by atoms with van der Waals surface area (Å²) in [5.41, 5.74) is 23.1. The molecule has 0 spiro atoms. The molecule has 2 nitrogen and oxygen atoms in total. The van der Waals surface area contributed by atoms with E-state index in [1.54, 1.807) is 0 Å². The topological polar surface area (TPSA) is 6.48 Å². The molecule has 3 heteroatoms. The number of rotatable bonds is 3. The fourth-order valence-electron chi connectivity index (χ4n) is 11.2. The third-order valence-electron chi connectivity index (χ3n) is 14.7. The van der Waals surface area contributed by atoms with E-state index in [-0.39, 0.29) is 28.5 Å². The van der Waals surface area contributed by atoms with Crippen molar-refractivity contribution in [2.75, 3.05) is 9.71 Å². The third-order valence-corrected chi connectivity index (χ3v) is 14.7. The van der Waals surface area contributed by atoms with Crippen LogP contribution >= 0.6 is 0 Å². The second-order valence-electron chi connectivity index (χ2n) is 22.2. The first-order chi connectivity index (χ1) is 30.4. The molecule has 0 radical (unpaired) electrons. The van der Waals surface area contributed by atoms with Crippen molar-refractivity contribution >= 4 is 57.0 Å². The largest absolute Gasteiger partial charge is 0.376 e. The van der Waals surface area contributed by atoms with Crippen LogP contribution in [0.15, 0.2) is 158 Å². The van der Waals surface area contributed by atoms with Gasteiger partial charge < -0.3 is 9.71 Å². The maximum absolute atomic E-state index is 2.70. The summed E-state index contributed by atoms with van der Waals surface area (Å²) in [6, 6.07) is 60.9. The van der Waals surface area contributed by atoms with Crippen molar-refractivity contribution in [2.45, 2.75) is 97.8 Å². The van der Waals surface area contributed by atoms with Crippen molar-refractivity contribution in [3.8, 4) is 33.4 Å². The lowest BCUT2D eigenvalue weighted by atomic mass is 9.42. The highest BCUT2D eigenvalue weighted by atomic mass is 15.2. The van der Waals surface area contributed by atoms with E-state index in [1.807, 2.05) is 0 Å². The highest BCUT2D eigenvalue weighted by Crippen LogP contribution is 2.58. The van der Waals surface area contributed by atoms with Gasteiger partial charge in [0, 0.05) is 39.2 Å². The van der Waals surface area contributed by atoms with Gasteiger partial charge in [-0.05, 0) is 119 Å². The quantitative estimate of drug-likeness (QED) is 0.164. The van der Waals surface area contributed by atoms with E-state index >= 15 is 0 Å². The molecule has 1 aliphatic carbocycles. The van der Waals surface area contributed by atoms with Gasteiger partial charge in [-0.25, -0.2) is 0 Å². The maximum Gasteiger partial charge on any atom is 0.333 e. The normalized spacial score (nSPS) is 14.8. The smallest absolute Gasteiger partial charge is 0.333 e. The number of anilines is 5. The van der Waals surface area contributed by atoms with Gasteiger partial charge in [0.1, 0.15) is 0 Å². The fraction of sp³-hybridized carbons (Fsp3) is 0.246. The van der Waals surface area contributed by atoms with Crippen LogP contribution in [0.1, 0.15) is 104 Å². The highest BCUT2D eigenvalue weighted by molar-refractivity contribution is 6.94. The number of hydrogen-bond acceptors (Lipinski definition) is 2. The summed E-state index contributed by atoms with van der Waals surface area (Å²) in [7, 11) is 0.